The molecule has 0 spiro atoms. The number of benzene rings is 1. The first-order valence-electron chi connectivity index (χ1n) is 6.26. The van der Waals surface area contributed by atoms with Crippen LogP contribution in [0.2, 0.25) is 0 Å². The summed E-state index contributed by atoms with van der Waals surface area (Å²) in [6, 6.07) is 11.1. The van der Waals surface area contributed by atoms with Crippen molar-refractivity contribution in [3.8, 4) is 0 Å². The first-order chi connectivity index (χ1) is 9.51. The van der Waals surface area contributed by atoms with Crippen LogP contribution in [0.3, 0.4) is 0 Å². The molecule has 2 N–H and O–H groups in total. The van der Waals surface area contributed by atoms with Gasteiger partial charge >= 0.3 is 0 Å². The molecule has 0 amide bonds. The summed E-state index contributed by atoms with van der Waals surface area (Å²) < 4.78 is 26.9. The highest BCUT2D eigenvalue weighted by Crippen LogP contribution is 2.21. The van der Waals surface area contributed by atoms with Crippen LogP contribution in [0, 0.1) is 6.92 Å². The minimum atomic E-state index is -3.47. The normalized spacial score (nSPS) is 11.7. The topological polar surface area (TPSA) is 66.4 Å². The zero-order chi connectivity index (χ0) is 14.6. The lowest BCUT2D eigenvalue weighted by atomic mass is 10.1. The molecule has 1 aromatic heterocycles. The maximum Gasteiger partial charge on any atom is 0.250 e. The van der Waals surface area contributed by atoms with Crippen molar-refractivity contribution in [1.29, 1.82) is 0 Å². The molecular formula is C14H17NO3S2. The molecule has 0 radical (unpaired) electrons. The van der Waals surface area contributed by atoms with Crippen LogP contribution in [-0.2, 0) is 23.1 Å². The summed E-state index contributed by atoms with van der Waals surface area (Å²) in [5.74, 6) is 0. The summed E-state index contributed by atoms with van der Waals surface area (Å²) in [7, 11) is -3.47. The molecule has 1 aromatic carbocycles. The van der Waals surface area contributed by atoms with Gasteiger partial charge in [0.15, 0.2) is 0 Å². The predicted molar refractivity (Wildman–Crippen MR) is 80.3 cm³/mol. The van der Waals surface area contributed by atoms with E-state index in [1.165, 1.54) is 6.07 Å². The van der Waals surface area contributed by atoms with Crippen LogP contribution in [0.5, 0.6) is 0 Å². The van der Waals surface area contributed by atoms with Gasteiger partial charge in [-0.2, -0.15) is 0 Å². The maximum atomic E-state index is 12.0. The summed E-state index contributed by atoms with van der Waals surface area (Å²) in [6.07, 6.45) is 0.652. The molecule has 0 atom stereocenters. The fraction of sp³-hybridized carbons (Fsp3) is 0.286. The average Bonchev–Trinajstić information content (AvgIpc) is 2.88. The third-order valence-corrected chi connectivity index (χ3v) is 5.87. The molecule has 6 heteroatoms. The van der Waals surface area contributed by atoms with Gasteiger partial charge in [-0.15, -0.1) is 11.3 Å². The van der Waals surface area contributed by atoms with Crippen molar-refractivity contribution < 1.29 is 13.5 Å². The predicted octanol–water partition coefficient (Wildman–Crippen LogP) is 2.07. The molecule has 0 aliphatic rings. The van der Waals surface area contributed by atoms with Crippen LogP contribution in [-0.4, -0.2) is 20.1 Å². The minimum absolute atomic E-state index is 0.135. The lowest BCUT2D eigenvalue weighted by Gasteiger charge is -2.05. The molecule has 0 saturated heterocycles. The van der Waals surface area contributed by atoms with Gasteiger partial charge in [0.25, 0.3) is 0 Å². The van der Waals surface area contributed by atoms with Crippen molar-refractivity contribution in [1.82, 2.24) is 4.72 Å². The summed E-state index contributed by atoms with van der Waals surface area (Å²) in [5.41, 5.74) is 2.27. The van der Waals surface area contributed by atoms with Crippen molar-refractivity contribution in [3.05, 3.63) is 52.4 Å². The number of rotatable bonds is 6. The standard InChI is InChI=1S/C14H17NO3S2/c1-11-3-2-4-12(9-11)7-8-15-20(17,18)14-6-5-13(10-16)19-14/h2-6,9,15-16H,7-8,10H2,1H3. The van der Waals surface area contributed by atoms with E-state index in [4.69, 9.17) is 5.11 Å². The van der Waals surface area contributed by atoms with Crippen LogP contribution >= 0.6 is 11.3 Å². The summed E-state index contributed by atoms with van der Waals surface area (Å²) in [4.78, 5) is 0.643. The second-order valence-corrected chi connectivity index (χ2v) is 7.68. The van der Waals surface area contributed by atoms with Crippen LogP contribution in [0.25, 0.3) is 0 Å². The minimum Gasteiger partial charge on any atom is -0.391 e. The largest absolute Gasteiger partial charge is 0.391 e. The van der Waals surface area contributed by atoms with E-state index in [0.717, 1.165) is 22.5 Å². The van der Waals surface area contributed by atoms with Gasteiger partial charge in [0.05, 0.1) is 6.61 Å². The third-order valence-electron chi connectivity index (χ3n) is 2.85. The molecule has 0 fully saturated rings. The second kappa shape index (κ2) is 6.49. The molecular weight excluding hydrogens is 294 g/mol. The zero-order valence-electron chi connectivity index (χ0n) is 11.2. The van der Waals surface area contributed by atoms with Crippen molar-refractivity contribution in [2.45, 2.75) is 24.2 Å². The Morgan fingerprint density at radius 2 is 2.05 bits per heavy atom. The van der Waals surface area contributed by atoms with Gasteiger partial charge in [0, 0.05) is 11.4 Å². The SMILES string of the molecule is Cc1cccc(CCNS(=O)(=O)c2ccc(CO)s2)c1. The summed E-state index contributed by atoms with van der Waals surface area (Å²) in [6.45, 7) is 2.23. The fourth-order valence-corrected chi connectivity index (χ4v) is 4.15. The van der Waals surface area contributed by atoms with Gasteiger partial charge in [-0.3, -0.25) is 0 Å². The van der Waals surface area contributed by atoms with Gasteiger partial charge in [0.2, 0.25) is 10.0 Å². The molecule has 2 aromatic rings. The van der Waals surface area contributed by atoms with E-state index in [1.807, 2.05) is 31.2 Å². The Balaban J connectivity index is 1.96. The number of aliphatic hydroxyl groups excluding tert-OH is 1. The highest BCUT2D eigenvalue weighted by molar-refractivity contribution is 7.91. The molecule has 0 aliphatic heterocycles. The molecule has 108 valence electrons. The molecule has 0 unspecified atom stereocenters. The van der Waals surface area contributed by atoms with Crippen LogP contribution in [0.1, 0.15) is 16.0 Å². The average molecular weight is 311 g/mol. The lowest BCUT2D eigenvalue weighted by molar-refractivity contribution is 0.285. The summed E-state index contributed by atoms with van der Waals surface area (Å²) >= 11 is 1.09. The quantitative estimate of drug-likeness (QED) is 0.858. The first-order valence-corrected chi connectivity index (χ1v) is 8.56. The van der Waals surface area contributed by atoms with Crippen molar-refractivity contribution >= 4 is 21.4 Å². The highest BCUT2D eigenvalue weighted by Gasteiger charge is 2.15. The van der Waals surface area contributed by atoms with Gasteiger partial charge in [-0.05, 0) is 31.0 Å². The number of sulfonamides is 1. The molecule has 2 rings (SSSR count). The van der Waals surface area contributed by atoms with E-state index in [9.17, 15) is 8.42 Å². The number of thiophene rings is 1. The van der Waals surface area contributed by atoms with Crippen molar-refractivity contribution in [2.75, 3.05) is 6.54 Å². The Labute approximate surface area is 123 Å². The molecule has 20 heavy (non-hydrogen) atoms. The number of nitrogens with one attached hydrogen (secondary N) is 1. The lowest BCUT2D eigenvalue weighted by Crippen LogP contribution is -2.25. The van der Waals surface area contributed by atoms with E-state index < -0.39 is 10.0 Å². The van der Waals surface area contributed by atoms with E-state index in [0.29, 0.717) is 17.8 Å². The molecule has 0 bridgehead atoms. The van der Waals surface area contributed by atoms with E-state index in [1.54, 1.807) is 6.07 Å². The second-order valence-electron chi connectivity index (χ2n) is 4.52. The molecule has 0 aliphatic carbocycles. The van der Waals surface area contributed by atoms with E-state index >= 15 is 0 Å². The first kappa shape index (κ1) is 15.2. The third kappa shape index (κ3) is 3.89. The Kier molecular flexibility index (Phi) is 4.93. The Hall–Kier alpha value is -1.21. The maximum absolute atomic E-state index is 12.0. The van der Waals surface area contributed by atoms with Gasteiger partial charge in [0.1, 0.15) is 4.21 Å². The number of hydrogen-bond donors (Lipinski definition) is 2. The Bertz CT molecular complexity index is 677. The summed E-state index contributed by atoms with van der Waals surface area (Å²) in [5, 5.41) is 8.96. The number of aliphatic hydroxyl groups is 1. The van der Waals surface area contributed by atoms with Crippen molar-refractivity contribution in [3.63, 3.8) is 0 Å². The van der Waals surface area contributed by atoms with Crippen LogP contribution in [0.4, 0.5) is 0 Å². The van der Waals surface area contributed by atoms with Crippen molar-refractivity contribution in [2.24, 2.45) is 0 Å². The fourth-order valence-electron chi connectivity index (χ4n) is 1.86. The van der Waals surface area contributed by atoms with Crippen LogP contribution in [0.15, 0.2) is 40.6 Å². The molecule has 0 saturated carbocycles. The van der Waals surface area contributed by atoms with E-state index in [-0.39, 0.29) is 10.8 Å². The highest BCUT2D eigenvalue weighted by atomic mass is 32.2. The smallest absolute Gasteiger partial charge is 0.250 e. The molecule has 4 nitrogen and oxygen atoms in total. The monoisotopic (exact) mass is 311 g/mol. The number of hydrogen-bond acceptors (Lipinski definition) is 4. The Morgan fingerprint density at radius 1 is 1.25 bits per heavy atom. The van der Waals surface area contributed by atoms with Gasteiger partial charge in [-0.25, -0.2) is 13.1 Å². The molecule has 1 heterocycles. The Morgan fingerprint density at radius 3 is 2.70 bits per heavy atom. The zero-order valence-corrected chi connectivity index (χ0v) is 12.8. The van der Waals surface area contributed by atoms with Gasteiger partial charge < -0.3 is 5.11 Å². The van der Waals surface area contributed by atoms with E-state index in [2.05, 4.69) is 4.72 Å². The van der Waals surface area contributed by atoms with Crippen LogP contribution < -0.4 is 4.72 Å². The van der Waals surface area contributed by atoms with Gasteiger partial charge in [-0.1, -0.05) is 29.8 Å². The number of aryl methyl sites for hydroxylation is 1.